The first kappa shape index (κ1) is 20.7. The number of rotatable bonds is 6. The Hall–Kier alpha value is -5.19. The number of non-ortho nitro benzene ring substituents is 1. The van der Waals surface area contributed by atoms with E-state index in [0.29, 0.717) is 22.7 Å². The van der Waals surface area contributed by atoms with Crippen molar-refractivity contribution in [2.24, 2.45) is 15.2 Å². The molecule has 5 rings (SSSR count). The Morgan fingerprint density at radius 1 is 0.941 bits per heavy atom. The van der Waals surface area contributed by atoms with Crippen molar-refractivity contribution in [1.29, 1.82) is 0 Å². The number of nitrogens with zero attached hydrogens (tertiary/aromatic N) is 5. The largest absolute Gasteiger partial charge is 0.436 e. The van der Waals surface area contributed by atoms with E-state index in [1.54, 1.807) is 36.4 Å². The van der Waals surface area contributed by atoms with Gasteiger partial charge in [0.15, 0.2) is 17.1 Å². The lowest BCUT2D eigenvalue weighted by Crippen LogP contribution is -1.96. The highest BCUT2D eigenvalue weighted by molar-refractivity contribution is 5.83. The van der Waals surface area contributed by atoms with Crippen molar-refractivity contribution in [3.8, 4) is 11.5 Å². The van der Waals surface area contributed by atoms with Crippen LogP contribution in [0.2, 0.25) is 0 Å². The minimum atomic E-state index is -0.484. The number of para-hydroxylation sites is 2. The van der Waals surface area contributed by atoms with Gasteiger partial charge in [-0.05, 0) is 54.1 Å². The van der Waals surface area contributed by atoms with Crippen molar-refractivity contribution in [2.75, 3.05) is 0 Å². The van der Waals surface area contributed by atoms with Gasteiger partial charge in [-0.25, -0.2) is 9.98 Å². The van der Waals surface area contributed by atoms with Crippen LogP contribution in [0.4, 0.5) is 22.9 Å². The predicted octanol–water partition coefficient (Wildman–Crippen LogP) is 5.59. The Labute approximate surface area is 190 Å². The highest BCUT2D eigenvalue weighted by Crippen LogP contribution is 2.27. The number of azo groups is 1. The Bertz CT molecular complexity index is 1560. The third-order valence-corrected chi connectivity index (χ3v) is 4.85. The van der Waals surface area contributed by atoms with Crippen LogP contribution < -0.4 is 5.56 Å². The Morgan fingerprint density at radius 3 is 2.44 bits per heavy atom. The summed E-state index contributed by atoms with van der Waals surface area (Å²) in [6.45, 7) is 0. The number of nitrogens with one attached hydrogen (secondary N) is 2. The van der Waals surface area contributed by atoms with E-state index in [1.165, 1.54) is 18.3 Å². The molecule has 166 valence electrons. The highest BCUT2D eigenvalue weighted by Gasteiger charge is 2.10. The average Bonchev–Trinajstić information content (AvgIpc) is 3.45. The second-order valence-electron chi connectivity index (χ2n) is 7.12. The quantitative estimate of drug-likeness (QED) is 0.148. The Balaban J connectivity index is 1.34. The maximum Gasteiger partial charge on any atom is 0.294 e. The smallest absolute Gasteiger partial charge is 0.294 e. The van der Waals surface area contributed by atoms with Crippen LogP contribution in [-0.2, 0) is 0 Å². The zero-order chi connectivity index (χ0) is 23.5. The standard InChI is InChI=1S/C23H15N7O4/c31-22-20(21(28-29-22)24-13-14-5-11-17(12-6-14)30(32)33)27-26-16-9-7-15(8-10-16)23-25-18-3-1-2-4-19(18)34-23/h1-13H,(H2,28,29,31)/b24-13+,27-26?. The molecule has 0 spiro atoms. The van der Waals surface area contributed by atoms with Crippen molar-refractivity contribution >= 4 is 40.2 Å². The van der Waals surface area contributed by atoms with Gasteiger partial charge in [-0.15, -0.1) is 5.11 Å². The molecule has 34 heavy (non-hydrogen) atoms. The van der Waals surface area contributed by atoms with Crippen LogP contribution in [-0.4, -0.2) is 26.3 Å². The van der Waals surface area contributed by atoms with Crippen LogP contribution in [0.3, 0.4) is 0 Å². The maximum absolute atomic E-state index is 12.1. The number of aromatic nitrogens is 3. The van der Waals surface area contributed by atoms with Gasteiger partial charge in [-0.2, -0.15) is 5.11 Å². The molecule has 3 aromatic carbocycles. The van der Waals surface area contributed by atoms with Crippen LogP contribution in [0.5, 0.6) is 0 Å². The van der Waals surface area contributed by atoms with Crippen molar-refractivity contribution in [3.05, 3.63) is 98.8 Å². The third kappa shape index (κ3) is 4.25. The summed E-state index contributed by atoms with van der Waals surface area (Å²) >= 11 is 0. The van der Waals surface area contributed by atoms with Crippen molar-refractivity contribution in [2.45, 2.75) is 0 Å². The molecule has 0 aliphatic heterocycles. The Kier molecular flexibility index (Phi) is 5.32. The lowest BCUT2D eigenvalue weighted by Gasteiger charge is -1.96. The topological polar surface area (TPSA) is 155 Å². The molecule has 0 unspecified atom stereocenters. The van der Waals surface area contributed by atoms with E-state index in [2.05, 4.69) is 30.4 Å². The number of nitro benzene ring substituents is 1. The molecule has 0 amide bonds. The van der Waals surface area contributed by atoms with E-state index in [-0.39, 0.29) is 17.2 Å². The van der Waals surface area contributed by atoms with E-state index in [1.807, 2.05) is 24.3 Å². The van der Waals surface area contributed by atoms with Gasteiger partial charge in [-0.3, -0.25) is 25.1 Å². The van der Waals surface area contributed by atoms with Gasteiger partial charge in [0.1, 0.15) is 5.52 Å². The monoisotopic (exact) mass is 453 g/mol. The fraction of sp³-hybridized carbons (Fsp3) is 0. The molecule has 0 fully saturated rings. The molecule has 0 atom stereocenters. The number of oxazole rings is 1. The summed E-state index contributed by atoms with van der Waals surface area (Å²) in [5, 5.41) is 24.0. The van der Waals surface area contributed by atoms with Gasteiger partial charge < -0.3 is 4.42 Å². The summed E-state index contributed by atoms with van der Waals surface area (Å²) in [4.78, 5) is 31.0. The number of benzene rings is 3. The number of H-pyrrole nitrogens is 2. The molecule has 0 aliphatic rings. The number of aliphatic imine (C=N–C) groups is 1. The van der Waals surface area contributed by atoms with Crippen molar-refractivity contribution in [3.63, 3.8) is 0 Å². The van der Waals surface area contributed by atoms with Crippen LogP contribution >= 0.6 is 0 Å². The van der Waals surface area contributed by atoms with Gasteiger partial charge in [-0.1, -0.05) is 12.1 Å². The average molecular weight is 453 g/mol. The molecule has 0 saturated carbocycles. The highest BCUT2D eigenvalue weighted by atomic mass is 16.6. The number of nitro groups is 1. The first-order chi connectivity index (χ1) is 16.6. The molecule has 0 saturated heterocycles. The molecule has 0 bridgehead atoms. The molecular formula is C23H15N7O4. The molecule has 0 radical (unpaired) electrons. The Morgan fingerprint density at radius 2 is 1.71 bits per heavy atom. The first-order valence-corrected chi connectivity index (χ1v) is 10.0. The van der Waals surface area contributed by atoms with Gasteiger partial charge in [0, 0.05) is 23.9 Å². The van der Waals surface area contributed by atoms with Crippen molar-refractivity contribution in [1.82, 2.24) is 15.2 Å². The molecule has 11 heteroatoms. The summed E-state index contributed by atoms with van der Waals surface area (Å²) < 4.78 is 5.76. The zero-order valence-electron chi connectivity index (χ0n) is 17.4. The maximum atomic E-state index is 12.1. The van der Waals surface area contributed by atoms with E-state index in [0.717, 1.165) is 11.1 Å². The van der Waals surface area contributed by atoms with Crippen molar-refractivity contribution < 1.29 is 9.34 Å². The second-order valence-corrected chi connectivity index (χ2v) is 7.12. The normalized spacial score (nSPS) is 11.6. The summed E-state index contributed by atoms with van der Waals surface area (Å²) in [7, 11) is 0. The fourth-order valence-corrected chi connectivity index (χ4v) is 3.12. The molecular weight excluding hydrogens is 438 g/mol. The van der Waals surface area contributed by atoms with Crippen LogP contribution in [0.15, 0.2) is 97.2 Å². The lowest BCUT2D eigenvalue weighted by molar-refractivity contribution is -0.384. The molecule has 2 N–H and O–H groups in total. The molecule has 0 aliphatic carbocycles. The fourth-order valence-electron chi connectivity index (χ4n) is 3.12. The van der Waals surface area contributed by atoms with Gasteiger partial charge in [0.25, 0.3) is 11.2 Å². The van der Waals surface area contributed by atoms with Gasteiger partial charge in [0.2, 0.25) is 5.89 Å². The minimum absolute atomic E-state index is 0.00110. The predicted molar refractivity (Wildman–Crippen MR) is 125 cm³/mol. The van der Waals surface area contributed by atoms with Crippen LogP contribution in [0.25, 0.3) is 22.6 Å². The van der Waals surface area contributed by atoms with E-state index >= 15 is 0 Å². The number of fused-ring (bicyclic) bond motifs is 1. The van der Waals surface area contributed by atoms with Gasteiger partial charge >= 0.3 is 0 Å². The number of aromatic amines is 2. The lowest BCUT2D eigenvalue weighted by atomic mass is 10.2. The summed E-state index contributed by atoms with van der Waals surface area (Å²) in [6, 6.07) is 20.4. The SMILES string of the molecule is O=c1[nH][nH]c(/N=C/c2ccc([N+](=O)[O-])cc2)c1N=Nc1ccc(-c2nc3ccccc3o2)cc1. The van der Waals surface area contributed by atoms with Crippen LogP contribution in [0, 0.1) is 10.1 Å². The minimum Gasteiger partial charge on any atom is -0.436 e. The summed E-state index contributed by atoms with van der Waals surface area (Å²) in [6.07, 6.45) is 1.46. The number of hydrogen-bond donors (Lipinski definition) is 2. The third-order valence-electron chi connectivity index (χ3n) is 4.85. The second kappa shape index (κ2) is 8.74. The zero-order valence-corrected chi connectivity index (χ0v) is 17.4. The number of hydrogen-bond acceptors (Lipinski definition) is 8. The first-order valence-electron chi connectivity index (χ1n) is 10.0. The molecule has 5 aromatic rings. The van der Waals surface area contributed by atoms with E-state index in [4.69, 9.17) is 4.42 Å². The van der Waals surface area contributed by atoms with E-state index < -0.39 is 10.5 Å². The van der Waals surface area contributed by atoms with Gasteiger partial charge in [0.05, 0.1) is 10.6 Å². The summed E-state index contributed by atoms with van der Waals surface area (Å²) in [5.41, 5.74) is 2.89. The molecule has 2 heterocycles. The van der Waals surface area contributed by atoms with Crippen LogP contribution in [0.1, 0.15) is 5.56 Å². The van der Waals surface area contributed by atoms with E-state index in [9.17, 15) is 14.9 Å². The molecule has 2 aromatic heterocycles. The summed E-state index contributed by atoms with van der Waals surface area (Å²) in [5.74, 6) is 0.671. The molecule has 11 nitrogen and oxygen atoms in total.